The molecule has 1 aromatic carbocycles. The lowest BCUT2D eigenvalue weighted by Gasteiger charge is -2.24. The third kappa shape index (κ3) is 7.46. The molecule has 0 aliphatic rings. The van der Waals surface area contributed by atoms with E-state index in [9.17, 15) is 9.59 Å². The van der Waals surface area contributed by atoms with Gasteiger partial charge in [0.15, 0.2) is 0 Å². The van der Waals surface area contributed by atoms with Crippen molar-refractivity contribution in [2.24, 2.45) is 0 Å². The van der Waals surface area contributed by atoms with E-state index in [1.807, 2.05) is 50.2 Å². The summed E-state index contributed by atoms with van der Waals surface area (Å²) in [6, 6.07) is 7.52. The standard InChI is InChI=1S/C18H28N2O4/c1-5-24-16-8-6-15(7-9-16)14-17(21)20(13-12-19(2)3)11-10-18(22)23-4/h6-9H,5,10-14H2,1-4H3. The predicted octanol–water partition coefficient (Wildman–Crippen LogP) is 1.58. The molecule has 0 radical (unpaired) electrons. The van der Waals surface area contributed by atoms with Crippen LogP contribution in [0.3, 0.4) is 0 Å². The topological polar surface area (TPSA) is 59.1 Å². The van der Waals surface area contributed by atoms with Crippen LogP contribution in [0.15, 0.2) is 24.3 Å². The number of benzene rings is 1. The maximum Gasteiger partial charge on any atom is 0.307 e. The summed E-state index contributed by atoms with van der Waals surface area (Å²) in [6.45, 7) is 4.25. The van der Waals surface area contributed by atoms with Gasteiger partial charge < -0.3 is 19.3 Å². The highest BCUT2D eigenvalue weighted by Gasteiger charge is 2.16. The summed E-state index contributed by atoms with van der Waals surface area (Å²) < 4.78 is 10.1. The van der Waals surface area contributed by atoms with Gasteiger partial charge in [-0.15, -0.1) is 0 Å². The van der Waals surface area contributed by atoms with Crippen molar-refractivity contribution in [1.82, 2.24) is 9.80 Å². The van der Waals surface area contributed by atoms with E-state index in [1.54, 1.807) is 4.90 Å². The van der Waals surface area contributed by atoms with Gasteiger partial charge in [-0.1, -0.05) is 12.1 Å². The van der Waals surface area contributed by atoms with Gasteiger partial charge in [0.05, 0.1) is 26.6 Å². The number of carbonyl (C=O) groups excluding carboxylic acids is 2. The number of esters is 1. The quantitative estimate of drug-likeness (QED) is 0.607. The van der Waals surface area contributed by atoms with E-state index in [0.29, 0.717) is 26.1 Å². The van der Waals surface area contributed by atoms with Gasteiger partial charge in [-0.2, -0.15) is 0 Å². The highest BCUT2D eigenvalue weighted by molar-refractivity contribution is 5.79. The minimum Gasteiger partial charge on any atom is -0.494 e. The molecular weight excluding hydrogens is 308 g/mol. The average molecular weight is 336 g/mol. The molecule has 0 saturated heterocycles. The van der Waals surface area contributed by atoms with Crippen molar-refractivity contribution in [3.8, 4) is 5.75 Å². The number of hydrogen-bond donors (Lipinski definition) is 0. The third-order valence-corrected chi connectivity index (χ3v) is 3.57. The van der Waals surface area contributed by atoms with Crippen LogP contribution < -0.4 is 4.74 Å². The van der Waals surface area contributed by atoms with Crippen molar-refractivity contribution in [2.75, 3.05) is 47.4 Å². The molecule has 1 rings (SSSR count). The summed E-state index contributed by atoms with van der Waals surface area (Å²) in [5.41, 5.74) is 0.927. The smallest absolute Gasteiger partial charge is 0.307 e. The fourth-order valence-corrected chi connectivity index (χ4v) is 2.17. The van der Waals surface area contributed by atoms with Crippen LogP contribution in [0.2, 0.25) is 0 Å². The van der Waals surface area contributed by atoms with Gasteiger partial charge in [-0.3, -0.25) is 9.59 Å². The summed E-state index contributed by atoms with van der Waals surface area (Å²) in [5, 5.41) is 0. The van der Waals surface area contributed by atoms with Crippen LogP contribution in [0.1, 0.15) is 18.9 Å². The van der Waals surface area contributed by atoms with E-state index >= 15 is 0 Å². The Morgan fingerprint density at radius 2 is 1.71 bits per heavy atom. The minimum absolute atomic E-state index is 0.00455. The second-order valence-electron chi connectivity index (χ2n) is 5.76. The Hall–Kier alpha value is -2.08. The fraction of sp³-hybridized carbons (Fsp3) is 0.556. The van der Waals surface area contributed by atoms with Crippen LogP contribution in [0, 0.1) is 0 Å². The van der Waals surface area contributed by atoms with Crippen LogP contribution in [0.4, 0.5) is 0 Å². The molecule has 134 valence electrons. The molecule has 0 fully saturated rings. The fourth-order valence-electron chi connectivity index (χ4n) is 2.17. The van der Waals surface area contributed by atoms with E-state index in [4.69, 9.17) is 4.74 Å². The van der Waals surface area contributed by atoms with Crippen LogP contribution in [0.5, 0.6) is 5.75 Å². The third-order valence-electron chi connectivity index (χ3n) is 3.57. The zero-order valence-electron chi connectivity index (χ0n) is 15.1. The largest absolute Gasteiger partial charge is 0.494 e. The molecule has 24 heavy (non-hydrogen) atoms. The second-order valence-corrected chi connectivity index (χ2v) is 5.76. The Bertz CT molecular complexity index is 514. The average Bonchev–Trinajstić information content (AvgIpc) is 2.56. The molecule has 0 aliphatic carbocycles. The molecule has 0 bridgehead atoms. The predicted molar refractivity (Wildman–Crippen MR) is 93.1 cm³/mol. The summed E-state index contributed by atoms with van der Waals surface area (Å²) in [4.78, 5) is 27.6. The summed E-state index contributed by atoms with van der Waals surface area (Å²) >= 11 is 0. The van der Waals surface area contributed by atoms with Crippen LogP contribution >= 0.6 is 0 Å². The van der Waals surface area contributed by atoms with E-state index in [1.165, 1.54) is 7.11 Å². The number of methoxy groups -OCH3 is 1. The Balaban J connectivity index is 2.65. The van der Waals surface area contributed by atoms with Gasteiger partial charge in [0.25, 0.3) is 0 Å². The number of nitrogens with zero attached hydrogens (tertiary/aromatic N) is 2. The molecule has 0 saturated carbocycles. The number of carbonyl (C=O) groups is 2. The lowest BCUT2D eigenvalue weighted by Crippen LogP contribution is -2.39. The van der Waals surface area contributed by atoms with Gasteiger partial charge in [0, 0.05) is 19.6 Å². The van der Waals surface area contributed by atoms with Crippen molar-refractivity contribution in [2.45, 2.75) is 19.8 Å². The van der Waals surface area contributed by atoms with Gasteiger partial charge in [-0.05, 0) is 38.7 Å². The molecule has 6 heteroatoms. The molecule has 0 aliphatic heterocycles. The molecule has 0 unspecified atom stereocenters. The Morgan fingerprint density at radius 1 is 1.04 bits per heavy atom. The van der Waals surface area contributed by atoms with Crippen molar-refractivity contribution in [3.63, 3.8) is 0 Å². The maximum absolute atomic E-state index is 12.6. The SMILES string of the molecule is CCOc1ccc(CC(=O)N(CCC(=O)OC)CCN(C)C)cc1. The molecule has 6 nitrogen and oxygen atoms in total. The molecule has 0 aromatic heterocycles. The molecule has 1 aromatic rings. The maximum atomic E-state index is 12.6. The highest BCUT2D eigenvalue weighted by Crippen LogP contribution is 2.13. The Labute approximate surface area is 144 Å². The Kier molecular flexibility index (Phi) is 8.86. The minimum atomic E-state index is -0.307. The number of amides is 1. The second kappa shape index (κ2) is 10.6. The molecule has 0 atom stereocenters. The van der Waals surface area contributed by atoms with E-state index < -0.39 is 0 Å². The normalized spacial score (nSPS) is 10.5. The molecule has 1 amide bonds. The molecule has 0 heterocycles. The van der Waals surface area contributed by atoms with Gasteiger partial charge in [-0.25, -0.2) is 0 Å². The summed E-state index contributed by atoms with van der Waals surface area (Å²) in [5.74, 6) is 0.493. The van der Waals surface area contributed by atoms with Crippen molar-refractivity contribution in [1.29, 1.82) is 0 Å². The van der Waals surface area contributed by atoms with E-state index in [2.05, 4.69) is 4.74 Å². The monoisotopic (exact) mass is 336 g/mol. The Morgan fingerprint density at radius 3 is 2.25 bits per heavy atom. The zero-order valence-corrected chi connectivity index (χ0v) is 15.1. The number of rotatable bonds is 10. The van der Waals surface area contributed by atoms with Crippen LogP contribution in [-0.2, 0) is 20.7 Å². The molecule has 0 N–H and O–H groups in total. The zero-order chi connectivity index (χ0) is 17.9. The summed E-state index contributed by atoms with van der Waals surface area (Å²) in [7, 11) is 5.26. The number of likely N-dealkylation sites (N-methyl/N-ethyl adjacent to an activating group) is 1. The first-order valence-electron chi connectivity index (χ1n) is 8.17. The first kappa shape index (κ1) is 20.0. The highest BCUT2D eigenvalue weighted by atomic mass is 16.5. The van der Waals surface area contributed by atoms with Crippen LogP contribution in [0.25, 0.3) is 0 Å². The van der Waals surface area contributed by atoms with E-state index in [-0.39, 0.29) is 18.3 Å². The lowest BCUT2D eigenvalue weighted by atomic mass is 10.1. The molecule has 0 spiro atoms. The number of ether oxygens (including phenoxy) is 2. The van der Waals surface area contributed by atoms with Crippen LogP contribution in [-0.4, -0.2) is 69.1 Å². The summed E-state index contributed by atoms with van der Waals surface area (Å²) in [6.07, 6.45) is 0.514. The van der Waals surface area contributed by atoms with Crippen molar-refractivity contribution in [3.05, 3.63) is 29.8 Å². The van der Waals surface area contributed by atoms with E-state index in [0.717, 1.165) is 17.9 Å². The van der Waals surface area contributed by atoms with Gasteiger partial charge >= 0.3 is 5.97 Å². The van der Waals surface area contributed by atoms with Gasteiger partial charge in [0.2, 0.25) is 5.91 Å². The van der Waals surface area contributed by atoms with Gasteiger partial charge in [0.1, 0.15) is 5.75 Å². The van der Waals surface area contributed by atoms with Crippen molar-refractivity contribution < 1.29 is 19.1 Å². The lowest BCUT2D eigenvalue weighted by molar-refractivity contribution is -0.141. The first-order valence-corrected chi connectivity index (χ1v) is 8.17. The van der Waals surface area contributed by atoms with Crippen molar-refractivity contribution >= 4 is 11.9 Å². The first-order chi connectivity index (χ1) is 11.5. The molecular formula is C18H28N2O4. The number of hydrogen-bond acceptors (Lipinski definition) is 5.